The Kier molecular flexibility index (Phi) is 4.74. The zero-order valence-electron chi connectivity index (χ0n) is 9.05. The molecular formula is C7H13BrNO7P2+. The maximum atomic E-state index is 11.1. The second kappa shape index (κ2) is 5.26. The van der Waals surface area contributed by atoms with Crippen LogP contribution in [0.25, 0.3) is 0 Å². The van der Waals surface area contributed by atoms with Gasteiger partial charge in [-0.05, 0) is 15.9 Å². The van der Waals surface area contributed by atoms with E-state index in [9.17, 15) is 14.2 Å². The second-order valence-corrected chi connectivity index (χ2v) is 8.76. The van der Waals surface area contributed by atoms with E-state index in [1.165, 1.54) is 10.8 Å². The van der Waals surface area contributed by atoms with E-state index in [1.54, 1.807) is 6.08 Å². The first-order chi connectivity index (χ1) is 7.97. The molecule has 0 aromatic carbocycles. The Bertz CT molecular complexity index is 468. The second-order valence-electron chi connectivity index (χ2n) is 3.84. The van der Waals surface area contributed by atoms with Gasteiger partial charge in [0.2, 0.25) is 0 Å². The first kappa shape index (κ1) is 16.2. The van der Waals surface area contributed by atoms with Crippen molar-refractivity contribution in [2.24, 2.45) is 0 Å². The Morgan fingerprint density at radius 3 is 2.17 bits per heavy atom. The number of aliphatic hydroxyl groups is 1. The SMILES string of the molecule is O=P(O)(O)C(O)(C[N+]1=CC(Br)=CCC1)P(=O)(O)O. The normalized spacial score (nSPS) is 18.3. The van der Waals surface area contributed by atoms with E-state index < -0.39 is 26.8 Å². The molecule has 0 saturated heterocycles. The number of rotatable bonds is 4. The fraction of sp³-hybridized carbons (Fsp3) is 0.571. The van der Waals surface area contributed by atoms with Gasteiger partial charge in [0.15, 0.2) is 12.8 Å². The van der Waals surface area contributed by atoms with Crippen molar-refractivity contribution in [3.8, 4) is 0 Å². The standard InChI is InChI=1S/C7H12BrNO7P2/c8-6-2-1-3-9(4-6)5-7(10,17(11,12)13)18(14,15)16/h2,4,10H,1,3,5H2,(H3-,11,12,13,14,15,16)/p+1. The Morgan fingerprint density at radius 2 is 1.78 bits per heavy atom. The van der Waals surface area contributed by atoms with E-state index in [4.69, 9.17) is 19.6 Å². The molecule has 18 heavy (non-hydrogen) atoms. The molecule has 0 fully saturated rings. The largest absolute Gasteiger partial charge is 0.376 e. The van der Waals surface area contributed by atoms with Gasteiger partial charge in [0, 0.05) is 6.42 Å². The maximum Gasteiger partial charge on any atom is 0.376 e. The van der Waals surface area contributed by atoms with Crippen LogP contribution in [0.4, 0.5) is 0 Å². The van der Waals surface area contributed by atoms with Gasteiger partial charge in [-0.3, -0.25) is 9.13 Å². The van der Waals surface area contributed by atoms with Crippen molar-refractivity contribution in [1.82, 2.24) is 0 Å². The van der Waals surface area contributed by atoms with Crippen molar-refractivity contribution in [1.29, 1.82) is 0 Å². The lowest BCUT2D eigenvalue weighted by molar-refractivity contribution is -0.531. The average Bonchev–Trinajstić information content (AvgIpc) is 2.13. The lowest BCUT2D eigenvalue weighted by Gasteiger charge is -2.27. The lowest BCUT2D eigenvalue weighted by Crippen LogP contribution is -2.40. The van der Waals surface area contributed by atoms with Crippen LogP contribution in [0.1, 0.15) is 6.42 Å². The third kappa shape index (κ3) is 3.37. The summed E-state index contributed by atoms with van der Waals surface area (Å²) in [6, 6.07) is 0. The third-order valence-corrected chi connectivity index (χ3v) is 6.65. The summed E-state index contributed by atoms with van der Waals surface area (Å²) in [6.45, 7) is -0.568. The molecule has 0 saturated carbocycles. The van der Waals surface area contributed by atoms with E-state index in [0.29, 0.717) is 10.9 Å². The minimum absolute atomic E-state index is 0.289. The number of allylic oxidation sites excluding steroid dienone is 1. The van der Waals surface area contributed by atoms with Gasteiger partial charge in [-0.2, -0.15) is 0 Å². The Balaban J connectivity index is 3.13. The van der Waals surface area contributed by atoms with Crippen LogP contribution < -0.4 is 0 Å². The van der Waals surface area contributed by atoms with Crippen LogP contribution in [-0.2, 0) is 9.13 Å². The summed E-state index contributed by atoms with van der Waals surface area (Å²) in [6.07, 6.45) is 3.71. The Labute approximate surface area is 111 Å². The van der Waals surface area contributed by atoms with Crippen molar-refractivity contribution < 1.29 is 38.4 Å². The third-order valence-electron chi connectivity index (χ3n) is 2.41. The molecule has 104 valence electrons. The van der Waals surface area contributed by atoms with Crippen LogP contribution in [0.2, 0.25) is 0 Å². The molecule has 1 rings (SSSR count). The van der Waals surface area contributed by atoms with Gasteiger partial charge >= 0.3 is 20.3 Å². The molecule has 0 aromatic heterocycles. The zero-order valence-corrected chi connectivity index (χ0v) is 12.4. The highest BCUT2D eigenvalue weighted by atomic mass is 79.9. The maximum absolute atomic E-state index is 11.1. The Morgan fingerprint density at radius 1 is 1.28 bits per heavy atom. The molecule has 0 bridgehead atoms. The molecule has 5 N–H and O–H groups in total. The van der Waals surface area contributed by atoms with Crippen LogP contribution in [0.3, 0.4) is 0 Å². The summed E-state index contributed by atoms with van der Waals surface area (Å²) in [5, 5.41) is 6.30. The van der Waals surface area contributed by atoms with Crippen LogP contribution in [0.15, 0.2) is 10.6 Å². The van der Waals surface area contributed by atoms with Crippen molar-refractivity contribution in [2.45, 2.75) is 11.5 Å². The van der Waals surface area contributed by atoms with Gasteiger partial charge in [0.05, 0.1) is 4.48 Å². The average molecular weight is 365 g/mol. The molecule has 1 aliphatic heterocycles. The van der Waals surface area contributed by atoms with Crippen molar-refractivity contribution in [2.75, 3.05) is 13.1 Å². The van der Waals surface area contributed by atoms with Crippen LogP contribution in [0.5, 0.6) is 0 Å². The highest BCUT2D eigenvalue weighted by molar-refractivity contribution is 9.12. The molecule has 0 atom stereocenters. The van der Waals surface area contributed by atoms with E-state index in [-0.39, 0.29) is 6.54 Å². The summed E-state index contributed by atoms with van der Waals surface area (Å²) in [5.41, 5.74) is 0. The van der Waals surface area contributed by atoms with Crippen molar-refractivity contribution in [3.05, 3.63) is 10.6 Å². The fourth-order valence-corrected chi connectivity index (χ4v) is 4.02. The molecule has 0 aliphatic carbocycles. The monoisotopic (exact) mass is 364 g/mol. The summed E-state index contributed by atoms with van der Waals surface area (Å²) in [5.74, 6) is 0. The topological polar surface area (TPSA) is 138 Å². The number of hydrogen-bond donors (Lipinski definition) is 5. The number of β-amino-alcohol motifs (C(OH)–C–C–N with tert-alkyl or cyclic N) is 1. The van der Waals surface area contributed by atoms with Gasteiger partial charge in [0.1, 0.15) is 6.54 Å². The highest BCUT2D eigenvalue weighted by Gasteiger charge is 2.62. The quantitative estimate of drug-likeness (QED) is 0.342. The molecule has 0 radical (unpaired) electrons. The van der Waals surface area contributed by atoms with Gasteiger partial charge < -0.3 is 24.7 Å². The summed E-state index contributed by atoms with van der Waals surface area (Å²) in [7, 11) is -10.8. The first-order valence-corrected chi connectivity index (χ1v) is 8.77. The highest BCUT2D eigenvalue weighted by Crippen LogP contribution is 2.67. The molecule has 11 heteroatoms. The smallest absolute Gasteiger partial charge is 0.363 e. The summed E-state index contributed by atoms with van der Waals surface area (Å²) in [4.78, 5) is 35.9. The molecule has 1 aliphatic rings. The summed E-state index contributed by atoms with van der Waals surface area (Å²) < 4.78 is 24.1. The molecule has 0 aromatic rings. The van der Waals surface area contributed by atoms with E-state index >= 15 is 0 Å². The molecule has 8 nitrogen and oxygen atoms in total. The number of hydrogen-bond acceptors (Lipinski definition) is 3. The molecule has 1 heterocycles. The predicted octanol–water partition coefficient (Wildman–Crippen LogP) is -0.246. The van der Waals surface area contributed by atoms with Gasteiger partial charge in [-0.15, -0.1) is 0 Å². The van der Waals surface area contributed by atoms with Crippen molar-refractivity contribution >= 4 is 37.3 Å². The van der Waals surface area contributed by atoms with Gasteiger partial charge in [0.25, 0.3) is 0 Å². The number of halogens is 1. The number of nitrogens with zero attached hydrogens (tertiary/aromatic N) is 1. The van der Waals surface area contributed by atoms with Crippen LogP contribution in [0, 0.1) is 0 Å². The van der Waals surface area contributed by atoms with Crippen molar-refractivity contribution in [3.63, 3.8) is 0 Å². The van der Waals surface area contributed by atoms with Crippen LogP contribution >= 0.6 is 31.1 Å². The van der Waals surface area contributed by atoms with Gasteiger partial charge in [-0.1, -0.05) is 6.08 Å². The molecule has 0 spiro atoms. The summed E-state index contributed by atoms with van der Waals surface area (Å²) >= 11 is 3.13. The predicted molar refractivity (Wildman–Crippen MR) is 66.7 cm³/mol. The van der Waals surface area contributed by atoms with E-state index in [2.05, 4.69) is 15.9 Å². The molecule has 0 unspecified atom stereocenters. The first-order valence-electron chi connectivity index (χ1n) is 4.75. The molecular weight excluding hydrogens is 352 g/mol. The lowest BCUT2D eigenvalue weighted by atomic mass is 10.3. The van der Waals surface area contributed by atoms with Gasteiger partial charge in [-0.25, -0.2) is 4.58 Å². The fourth-order valence-electron chi connectivity index (χ4n) is 1.41. The van der Waals surface area contributed by atoms with E-state index in [1.807, 2.05) is 0 Å². The van der Waals surface area contributed by atoms with E-state index in [0.717, 1.165) is 0 Å². The zero-order chi connectivity index (χ0) is 14.2. The minimum Gasteiger partial charge on any atom is -0.363 e. The minimum atomic E-state index is -5.40. The Hall–Kier alpha value is 0.150. The molecule has 0 amide bonds. The van der Waals surface area contributed by atoms with Crippen LogP contribution in [-0.4, -0.2) is 53.6 Å².